The molecule has 0 N–H and O–H groups in total. The summed E-state index contributed by atoms with van der Waals surface area (Å²) >= 11 is 0. The van der Waals surface area contributed by atoms with Crippen molar-refractivity contribution in [2.24, 2.45) is 10.9 Å². The minimum Gasteiger partial charge on any atom is -0.633 e. The third-order valence-electron chi connectivity index (χ3n) is 4.54. The average Bonchev–Trinajstić information content (AvgIpc) is 2.84. The van der Waals surface area contributed by atoms with Gasteiger partial charge in [-0.1, -0.05) is 0 Å². The van der Waals surface area contributed by atoms with Crippen LogP contribution >= 0.6 is 0 Å². The Kier molecular flexibility index (Phi) is 4.70. The van der Waals surface area contributed by atoms with Crippen LogP contribution in [0.2, 0.25) is 0 Å². The molecule has 0 aromatic carbocycles. The van der Waals surface area contributed by atoms with Gasteiger partial charge in [0.25, 0.3) is 0 Å². The molecule has 8 heteroatoms. The molecule has 2 aliphatic heterocycles. The molecule has 1 unspecified atom stereocenters. The Bertz CT molecular complexity index is 627. The molecule has 1 atom stereocenters. The molecule has 0 bridgehead atoms. The summed E-state index contributed by atoms with van der Waals surface area (Å²) < 4.78 is 5.94. The summed E-state index contributed by atoms with van der Waals surface area (Å²) in [6.45, 7) is 15.7. The zero-order valence-electron chi connectivity index (χ0n) is 14.7. The fourth-order valence-electron chi connectivity index (χ4n) is 3.59. The van der Waals surface area contributed by atoms with Crippen molar-refractivity contribution in [3.05, 3.63) is 16.6 Å². The Morgan fingerprint density at radius 2 is 1.96 bits per heavy atom. The second kappa shape index (κ2) is 6.15. The second-order valence-corrected chi connectivity index (χ2v) is 7.60. The van der Waals surface area contributed by atoms with Gasteiger partial charge in [-0.05, 0) is 47.5 Å². The van der Waals surface area contributed by atoms with Gasteiger partial charge in [0, 0.05) is 11.1 Å². The number of nitrogens with zero attached hydrogens (tertiary/aromatic N) is 4. The number of amidine groups is 1. The van der Waals surface area contributed by atoms with E-state index in [1.807, 2.05) is 27.7 Å². The van der Waals surface area contributed by atoms with Crippen LogP contribution in [-0.4, -0.2) is 51.2 Å². The van der Waals surface area contributed by atoms with Gasteiger partial charge in [0.15, 0.2) is 5.71 Å². The van der Waals surface area contributed by atoms with Gasteiger partial charge < -0.3 is 9.94 Å². The van der Waals surface area contributed by atoms with E-state index < -0.39 is 29.1 Å². The molecule has 0 saturated carbocycles. The Balaban J connectivity index is 2.09. The van der Waals surface area contributed by atoms with Gasteiger partial charge in [-0.15, -0.1) is 10.3 Å². The highest BCUT2D eigenvalue weighted by Gasteiger charge is 2.49. The van der Waals surface area contributed by atoms with E-state index in [0.29, 0.717) is 17.6 Å². The standard InChI is InChI=1S/C16H23N4O4/c1-10(12-13(17-6)19(22)9-18-12)24-14(21)11-7-15(2,3)20(23)16(4,5)8-11/h10-11H,7-9H2,1-5H3. The third kappa shape index (κ3) is 3.28. The van der Waals surface area contributed by atoms with Crippen LogP contribution in [0.25, 0.3) is 4.85 Å². The smallest absolute Gasteiger partial charge is 0.451 e. The monoisotopic (exact) mass is 335 g/mol. The highest BCUT2D eigenvalue weighted by Crippen LogP contribution is 2.40. The number of ether oxygens (including phenoxy) is 1. The lowest BCUT2D eigenvalue weighted by Crippen LogP contribution is -2.59. The number of carbonyl (C=O) groups excluding carboxylic acids is 1. The van der Waals surface area contributed by atoms with Crippen LogP contribution in [0, 0.1) is 17.7 Å². The van der Waals surface area contributed by atoms with Gasteiger partial charge in [-0.25, -0.2) is 4.99 Å². The second-order valence-electron chi connectivity index (χ2n) is 7.60. The topological polar surface area (TPSA) is 92.2 Å². The molecule has 0 aromatic heterocycles. The van der Waals surface area contributed by atoms with Crippen molar-refractivity contribution in [2.45, 2.75) is 64.6 Å². The minimum absolute atomic E-state index is 0.134. The van der Waals surface area contributed by atoms with Crippen molar-refractivity contribution in [1.29, 1.82) is 0 Å². The first-order valence-corrected chi connectivity index (χ1v) is 7.91. The van der Waals surface area contributed by atoms with Crippen LogP contribution in [0.3, 0.4) is 0 Å². The predicted molar refractivity (Wildman–Crippen MR) is 86.5 cm³/mol. The maximum absolute atomic E-state index is 12.5. The van der Waals surface area contributed by atoms with Crippen LogP contribution in [0.1, 0.15) is 47.5 Å². The van der Waals surface area contributed by atoms with Gasteiger partial charge >= 0.3 is 11.8 Å². The van der Waals surface area contributed by atoms with Crippen molar-refractivity contribution in [3.8, 4) is 0 Å². The number of piperidine rings is 1. The van der Waals surface area contributed by atoms with E-state index in [-0.39, 0.29) is 18.2 Å². The van der Waals surface area contributed by atoms with Crippen molar-refractivity contribution in [2.75, 3.05) is 6.67 Å². The van der Waals surface area contributed by atoms with Crippen molar-refractivity contribution >= 4 is 17.5 Å². The van der Waals surface area contributed by atoms with Crippen LogP contribution in [0.15, 0.2) is 4.99 Å². The van der Waals surface area contributed by atoms with Gasteiger partial charge in [0.2, 0.25) is 6.67 Å². The highest BCUT2D eigenvalue weighted by molar-refractivity contribution is 6.45. The highest BCUT2D eigenvalue weighted by atomic mass is 16.5. The molecule has 24 heavy (non-hydrogen) atoms. The van der Waals surface area contributed by atoms with Crippen molar-refractivity contribution in [3.63, 3.8) is 0 Å². The Labute approximate surface area is 141 Å². The van der Waals surface area contributed by atoms with Gasteiger partial charge in [0.1, 0.15) is 12.7 Å². The average molecular weight is 335 g/mol. The minimum atomic E-state index is -0.767. The molecule has 131 valence electrons. The summed E-state index contributed by atoms with van der Waals surface area (Å²) in [5, 5.41) is 24.9. The number of hydrogen-bond acceptors (Lipinski definition) is 5. The lowest BCUT2D eigenvalue weighted by molar-refractivity contribution is -0.449. The normalized spacial score (nSPS) is 25.1. The number of aliphatic imine (C=N–C) groups is 1. The molecular weight excluding hydrogens is 312 g/mol. The van der Waals surface area contributed by atoms with Crippen molar-refractivity contribution < 1.29 is 19.5 Å². The van der Waals surface area contributed by atoms with Crippen LogP contribution in [0.4, 0.5) is 0 Å². The van der Waals surface area contributed by atoms with Crippen LogP contribution in [-0.2, 0) is 14.7 Å². The van der Waals surface area contributed by atoms with E-state index in [2.05, 4.69) is 9.84 Å². The fourth-order valence-corrected chi connectivity index (χ4v) is 3.59. The predicted octanol–water partition coefficient (Wildman–Crippen LogP) is 1.77. The largest absolute Gasteiger partial charge is 0.633 e. The molecule has 0 aromatic rings. The summed E-state index contributed by atoms with van der Waals surface area (Å²) in [4.78, 5) is 19.7. The van der Waals surface area contributed by atoms with E-state index in [9.17, 15) is 15.2 Å². The lowest BCUT2D eigenvalue weighted by Gasteiger charge is -2.49. The molecule has 2 aliphatic rings. The maximum atomic E-state index is 12.5. The van der Waals surface area contributed by atoms with E-state index in [0.717, 1.165) is 5.06 Å². The molecule has 0 amide bonds. The van der Waals surface area contributed by atoms with Gasteiger partial charge in [-0.3, -0.25) is 4.79 Å². The Morgan fingerprint density at radius 1 is 1.42 bits per heavy atom. The first kappa shape index (κ1) is 18.4. The molecule has 2 rings (SSSR count). The van der Waals surface area contributed by atoms with Crippen molar-refractivity contribution in [1.82, 2.24) is 5.06 Å². The van der Waals surface area contributed by atoms with Crippen LogP contribution < -0.4 is 0 Å². The molecular formula is C16H23N4O4. The number of carbonyl (C=O) groups is 1. The third-order valence-corrected chi connectivity index (χ3v) is 4.54. The van der Waals surface area contributed by atoms with E-state index in [1.165, 1.54) is 0 Å². The van der Waals surface area contributed by atoms with E-state index in [1.54, 1.807) is 6.92 Å². The maximum Gasteiger partial charge on any atom is 0.451 e. The lowest BCUT2D eigenvalue weighted by atomic mass is 9.75. The summed E-state index contributed by atoms with van der Waals surface area (Å²) in [5.74, 6) is -0.970. The summed E-state index contributed by atoms with van der Waals surface area (Å²) in [5.41, 5.74) is -1.13. The fraction of sp³-hybridized carbons (Fsp3) is 0.750. The summed E-state index contributed by atoms with van der Waals surface area (Å²) in [7, 11) is 0. The Hall–Kier alpha value is -1.98. The van der Waals surface area contributed by atoms with Gasteiger partial charge in [-0.2, -0.15) is 9.58 Å². The Morgan fingerprint density at radius 3 is 2.46 bits per heavy atom. The number of hydroxylamine groups is 3. The molecule has 1 radical (unpaired) electrons. The van der Waals surface area contributed by atoms with E-state index >= 15 is 0 Å². The van der Waals surface area contributed by atoms with E-state index in [4.69, 9.17) is 11.3 Å². The zero-order valence-corrected chi connectivity index (χ0v) is 14.7. The molecule has 1 saturated heterocycles. The summed E-state index contributed by atoms with van der Waals surface area (Å²) in [6, 6.07) is 0. The number of rotatable bonds is 3. The number of esters is 1. The molecule has 2 heterocycles. The molecule has 0 aliphatic carbocycles. The quantitative estimate of drug-likeness (QED) is 0.340. The summed E-state index contributed by atoms with van der Waals surface area (Å²) in [6.07, 6.45) is 0.0211. The first-order chi connectivity index (χ1) is 11.0. The van der Waals surface area contributed by atoms with Gasteiger partial charge in [0.05, 0.1) is 5.92 Å². The number of hydrogen-bond donors (Lipinski definition) is 0. The zero-order chi connectivity index (χ0) is 18.3. The molecule has 0 spiro atoms. The first-order valence-electron chi connectivity index (χ1n) is 7.91. The molecule has 8 nitrogen and oxygen atoms in total. The van der Waals surface area contributed by atoms with Crippen LogP contribution in [0.5, 0.6) is 0 Å². The molecule has 1 fully saturated rings. The SMILES string of the molecule is [C-]#[N+]C1=[N+]([O-])CN=C1C(C)OC(=O)C1CC(C)(C)N([O])C(C)(C)C1.